The second-order valence-electron chi connectivity index (χ2n) is 6.36. The van der Waals surface area contributed by atoms with Gasteiger partial charge in [0, 0.05) is 24.5 Å². The van der Waals surface area contributed by atoms with E-state index in [1.54, 1.807) is 6.07 Å². The van der Waals surface area contributed by atoms with Crippen molar-refractivity contribution in [2.75, 3.05) is 5.32 Å². The molecular weight excluding hydrogens is 399 g/mol. The largest absolute Gasteiger partial charge is 0.387 e. The maximum absolute atomic E-state index is 13.5. The summed E-state index contributed by atoms with van der Waals surface area (Å²) >= 11 is 0. The second-order valence-corrected chi connectivity index (χ2v) is 8.04. The normalized spacial score (nSPS) is 18.2. The smallest absolute Gasteiger partial charge is 0.272 e. The molecule has 150 valence electrons. The third kappa shape index (κ3) is 3.84. The number of hydrogen-bond acceptors (Lipinski definition) is 5. The van der Waals surface area contributed by atoms with Crippen molar-refractivity contribution in [3.8, 4) is 6.07 Å². The number of anilines is 1. The number of benzene rings is 1. The first kappa shape index (κ1) is 20.5. The van der Waals surface area contributed by atoms with Crippen LogP contribution in [0.4, 0.5) is 10.1 Å². The minimum Gasteiger partial charge on any atom is -0.387 e. The Bertz CT molecular complexity index is 1180. The SMILES string of the molecule is C=CC(O)C1C=Cc2c(cn(C)c2C(=O)Nc2ccc(F)c(C#N)c2)S(=O)(=O)N1. The number of aromatic nitrogens is 1. The molecule has 0 aliphatic carbocycles. The molecule has 0 saturated carbocycles. The number of amides is 1. The van der Waals surface area contributed by atoms with Gasteiger partial charge in [-0.3, -0.25) is 4.79 Å². The molecule has 8 nitrogen and oxygen atoms in total. The van der Waals surface area contributed by atoms with E-state index in [1.807, 2.05) is 0 Å². The van der Waals surface area contributed by atoms with E-state index in [1.165, 1.54) is 48.2 Å². The molecule has 1 aromatic heterocycles. The predicted molar refractivity (Wildman–Crippen MR) is 104 cm³/mol. The van der Waals surface area contributed by atoms with Gasteiger partial charge in [0.15, 0.2) is 0 Å². The van der Waals surface area contributed by atoms with E-state index < -0.39 is 33.9 Å². The summed E-state index contributed by atoms with van der Waals surface area (Å²) in [7, 11) is -2.51. The van der Waals surface area contributed by atoms with Crippen LogP contribution in [0.1, 0.15) is 21.6 Å². The van der Waals surface area contributed by atoms with E-state index >= 15 is 0 Å². The van der Waals surface area contributed by atoms with Gasteiger partial charge in [-0.25, -0.2) is 17.5 Å². The standard InChI is InChI=1S/C19H17FN4O4S/c1-3-16(25)15-7-5-13-17(29(27,28)23-15)10-24(2)18(13)19(26)22-12-4-6-14(20)11(8-12)9-21/h3-8,10,15-16,23,25H,1H2,2H3,(H,22,26). The van der Waals surface area contributed by atoms with Gasteiger partial charge in [-0.2, -0.15) is 5.26 Å². The highest BCUT2D eigenvalue weighted by Gasteiger charge is 2.32. The Labute approximate surface area is 166 Å². The molecule has 0 saturated heterocycles. The minimum atomic E-state index is -4.02. The van der Waals surface area contributed by atoms with Crippen molar-refractivity contribution < 1.29 is 22.7 Å². The number of fused-ring (bicyclic) bond motifs is 1. The zero-order valence-electron chi connectivity index (χ0n) is 15.3. The van der Waals surface area contributed by atoms with Crippen molar-refractivity contribution in [1.29, 1.82) is 5.26 Å². The van der Waals surface area contributed by atoms with Crippen LogP contribution >= 0.6 is 0 Å². The fourth-order valence-electron chi connectivity index (χ4n) is 2.97. The van der Waals surface area contributed by atoms with Gasteiger partial charge in [0.25, 0.3) is 5.91 Å². The summed E-state index contributed by atoms with van der Waals surface area (Å²) < 4.78 is 42.5. The highest BCUT2D eigenvalue weighted by Crippen LogP contribution is 2.27. The number of halogens is 1. The van der Waals surface area contributed by atoms with Crippen LogP contribution in [-0.2, 0) is 17.1 Å². The molecule has 1 aliphatic rings. The van der Waals surface area contributed by atoms with Crippen molar-refractivity contribution >= 4 is 27.7 Å². The number of rotatable bonds is 4. The predicted octanol–water partition coefficient (Wildman–Crippen LogP) is 1.51. The number of hydrogen-bond donors (Lipinski definition) is 3. The zero-order valence-corrected chi connectivity index (χ0v) is 16.1. The maximum Gasteiger partial charge on any atom is 0.272 e. The maximum atomic E-state index is 13.5. The first-order valence-electron chi connectivity index (χ1n) is 8.39. The molecule has 3 rings (SSSR count). The van der Waals surface area contributed by atoms with Crippen LogP contribution in [0.2, 0.25) is 0 Å². The number of aryl methyl sites for hydroxylation is 1. The van der Waals surface area contributed by atoms with Crippen LogP contribution in [0.15, 0.2) is 48.0 Å². The fourth-order valence-corrected chi connectivity index (χ4v) is 4.42. The number of aliphatic hydroxyl groups excluding tert-OH is 1. The van der Waals surface area contributed by atoms with Crippen LogP contribution in [-0.4, -0.2) is 36.1 Å². The van der Waals surface area contributed by atoms with Crippen LogP contribution in [0.5, 0.6) is 0 Å². The number of carbonyl (C=O) groups is 1. The summed E-state index contributed by atoms with van der Waals surface area (Å²) in [4.78, 5) is 12.7. The Hall–Kier alpha value is -3.26. The third-order valence-corrected chi connectivity index (χ3v) is 5.89. The van der Waals surface area contributed by atoms with Gasteiger partial charge in [-0.05, 0) is 18.2 Å². The van der Waals surface area contributed by atoms with Crippen molar-refractivity contribution in [2.45, 2.75) is 17.0 Å². The van der Waals surface area contributed by atoms with Gasteiger partial charge in [0.05, 0.1) is 17.7 Å². The zero-order chi connectivity index (χ0) is 21.3. The van der Waals surface area contributed by atoms with E-state index in [0.29, 0.717) is 0 Å². The van der Waals surface area contributed by atoms with Crippen LogP contribution in [0.3, 0.4) is 0 Å². The Morgan fingerprint density at radius 3 is 2.90 bits per heavy atom. The van der Waals surface area contributed by atoms with Gasteiger partial charge in [-0.15, -0.1) is 6.58 Å². The van der Waals surface area contributed by atoms with Gasteiger partial charge in [0.2, 0.25) is 10.0 Å². The molecule has 2 aromatic rings. The Morgan fingerprint density at radius 2 is 2.24 bits per heavy atom. The summed E-state index contributed by atoms with van der Waals surface area (Å²) in [6.07, 6.45) is 4.19. The Balaban J connectivity index is 2.03. The number of sulfonamides is 1. The van der Waals surface area contributed by atoms with Crippen molar-refractivity contribution in [2.24, 2.45) is 7.05 Å². The van der Waals surface area contributed by atoms with Crippen LogP contribution in [0, 0.1) is 17.1 Å². The molecule has 0 radical (unpaired) electrons. The molecular formula is C19H17FN4O4S. The first-order chi connectivity index (χ1) is 13.7. The quantitative estimate of drug-likeness (QED) is 0.652. The van der Waals surface area contributed by atoms with Gasteiger partial charge in [-0.1, -0.05) is 18.2 Å². The highest BCUT2D eigenvalue weighted by atomic mass is 32.2. The molecule has 2 heterocycles. The lowest BCUT2D eigenvalue weighted by Gasteiger charge is -2.16. The molecule has 1 aliphatic heterocycles. The van der Waals surface area contributed by atoms with E-state index in [9.17, 15) is 22.7 Å². The minimum absolute atomic E-state index is 0.0400. The number of carbonyl (C=O) groups excluding carboxylic acids is 1. The molecule has 3 N–H and O–H groups in total. The average molecular weight is 416 g/mol. The molecule has 29 heavy (non-hydrogen) atoms. The summed E-state index contributed by atoms with van der Waals surface area (Å²) in [6, 6.07) is 4.26. The van der Waals surface area contributed by atoms with Crippen LogP contribution < -0.4 is 10.0 Å². The van der Waals surface area contributed by atoms with Crippen molar-refractivity contribution in [3.05, 3.63) is 65.8 Å². The molecule has 0 bridgehead atoms. The molecule has 2 unspecified atom stereocenters. The summed E-state index contributed by atoms with van der Waals surface area (Å²) in [6.45, 7) is 3.44. The second kappa shape index (κ2) is 7.63. The topological polar surface area (TPSA) is 124 Å². The molecule has 1 aromatic carbocycles. The van der Waals surface area contributed by atoms with E-state index in [0.717, 1.165) is 6.07 Å². The number of nitriles is 1. The summed E-state index contributed by atoms with van der Waals surface area (Å²) in [5.74, 6) is -1.36. The third-order valence-electron chi connectivity index (χ3n) is 4.40. The number of nitrogens with one attached hydrogen (secondary N) is 2. The Kier molecular flexibility index (Phi) is 5.39. The van der Waals surface area contributed by atoms with E-state index in [-0.39, 0.29) is 27.4 Å². The summed E-state index contributed by atoms with van der Waals surface area (Å²) in [5, 5.41) is 21.4. The lowest BCUT2D eigenvalue weighted by atomic mass is 10.1. The van der Waals surface area contributed by atoms with Gasteiger partial charge in [0.1, 0.15) is 22.5 Å². The molecule has 0 spiro atoms. The Morgan fingerprint density at radius 1 is 1.52 bits per heavy atom. The molecule has 2 atom stereocenters. The van der Waals surface area contributed by atoms with Crippen molar-refractivity contribution in [1.82, 2.24) is 9.29 Å². The average Bonchev–Trinajstić information content (AvgIpc) is 2.96. The molecule has 10 heteroatoms. The van der Waals surface area contributed by atoms with E-state index in [4.69, 9.17) is 5.26 Å². The highest BCUT2D eigenvalue weighted by molar-refractivity contribution is 7.89. The molecule has 1 amide bonds. The van der Waals surface area contributed by atoms with Crippen molar-refractivity contribution in [3.63, 3.8) is 0 Å². The number of nitrogens with zero attached hydrogens (tertiary/aromatic N) is 2. The molecule has 0 fully saturated rings. The monoisotopic (exact) mass is 416 g/mol. The van der Waals surface area contributed by atoms with Gasteiger partial charge < -0.3 is 15.0 Å². The summed E-state index contributed by atoms with van der Waals surface area (Å²) in [5.41, 5.74) is 0.125. The van der Waals surface area contributed by atoms with Gasteiger partial charge >= 0.3 is 0 Å². The number of aliphatic hydroxyl groups is 1. The van der Waals surface area contributed by atoms with Crippen LogP contribution in [0.25, 0.3) is 6.08 Å². The van der Waals surface area contributed by atoms with E-state index in [2.05, 4.69) is 16.6 Å². The fraction of sp³-hybridized carbons (Fsp3) is 0.158. The first-order valence-corrected chi connectivity index (χ1v) is 9.87. The lowest BCUT2D eigenvalue weighted by Crippen LogP contribution is -2.40. The lowest BCUT2D eigenvalue weighted by molar-refractivity contribution is 0.101.